The number of nitrogens with zero attached hydrogens (tertiary/aromatic N) is 3. The third kappa shape index (κ3) is 3.32. The zero-order valence-electron chi connectivity index (χ0n) is 15.1. The van der Waals surface area contributed by atoms with E-state index in [0.717, 1.165) is 30.9 Å². The second-order valence-electron chi connectivity index (χ2n) is 7.31. The van der Waals surface area contributed by atoms with E-state index in [1.807, 2.05) is 30.6 Å². The highest BCUT2D eigenvalue weighted by molar-refractivity contribution is 5.95. The van der Waals surface area contributed by atoms with Gasteiger partial charge in [0.05, 0.1) is 12.2 Å². The molecular formula is C20H25FN4O. The summed E-state index contributed by atoms with van der Waals surface area (Å²) in [7, 11) is 0. The van der Waals surface area contributed by atoms with E-state index in [9.17, 15) is 9.18 Å². The monoisotopic (exact) mass is 356 g/mol. The zero-order chi connectivity index (χ0) is 18.1. The molecule has 26 heavy (non-hydrogen) atoms. The van der Waals surface area contributed by atoms with E-state index < -0.39 is 6.17 Å². The van der Waals surface area contributed by atoms with Crippen LogP contribution in [0.2, 0.25) is 0 Å². The molecule has 1 N–H and O–H groups in total. The van der Waals surface area contributed by atoms with Crippen LogP contribution in [-0.2, 0) is 6.42 Å². The fourth-order valence-corrected chi connectivity index (χ4v) is 3.91. The summed E-state index contributed by atoms with van der Waals surface area (Å²) in [6.45, 7) is 4.03. The summed E-state index contributed by atoms with van der Waals surface area (Å²) in [6, 6.07) is 6.16. The third-order valence-electron chi connectivity index (χ3n) is 5.33. The maximum atomic E-state index is 13.3. The van der Waals surface area contributed by atoms with Gasteiger partial charge in [-0.15, -0.1) is 0 Å². The zero-order valence-corrected chi connectivity index (χ0v) is 15.1. The molecule has 1 amide bonds. The summed E-state index contributed by atoms with van der Waals surface area (Å²) < 4.78 is 13.3. The minimum absolute atomic E-state index is 0.0186. The van der Waals surface area contributed by atoms with Gasteiger partial charge < -0.3 is 15.1 Å². The molecule has 3 aliphatic rings. The molecule has 3 heterocycles. The van der Waals surface area contributed by atoms with Crippen molar-refractivity contribution >= 4 is 17.8 Å². The molecule has 0 saturated carbocycles. The lowest BCUT2D eigenvalue weighted by atomic mass is 9.98. The summed E-state index contributed by atoms with van der Waals surface area (Å²) in [6.07, 6.45) is 5.87. The second-order valence-corrected chi connectivity index (χ2v) is 7.31. The van der Waals surface area contributed by atoms with Crippen LogP contribution in [0.3, 0.4) is 0 Å². The maximum Gasteiger partial charge on any atom is 0.253 e. The lowest BCUT2D eigenvalue weighted by Gasteiger charge is -2.35. The number of hydrogen-bond acceptors (Lipinski definition) is 4. The largest absolute Gasteiger partial charge is 0.363 e. The summed E-state index contributed by atoms with van der Waals surface area (Å²) in [5, 5.41) is 3.45. The van der Waals surface area contributed by atoms with Crippen LogP contribution in [0.15, 0.2) is 35.2 Å². The smallest absolute Gasteiger partial charge is 0.253 e. The number of aryl methyl sites for hydroxylation is 1. The number of nitrogens with one attached hydrogen (secondary N) is 1. The van der Waals surface area contributed by atoms with E-state index in [4.69, 9.17) is 0 Å². The maximum absolute atomic E-state index is 13.3. The number of amides is 1. The van der Waals surface area contributed by atoms with Gasteiger partial charge in [0.15, 0.2) is 0 Å². The first-order valence-corrected chi connectivity index (χ1v) is 9.45. The molecule has 5 nitrogen and oxygen atoms in total. The van der Waals surface area contributed by atoms with Gasteiger partial charge in [-0.05, 0) is 56.4 Å². The number of carbonyl (C=O) groups excluding carboxylic acids is 1. The molecule has 0 bridgehead atoms. The van der Waals surface area contributed by atoms with Crippen LogP contribution in [0, 0.1) is 0 Å². The summed E-state index contributed by atoms with van der Waals surface area (Å²) >= 11 is 0. The Morgan fingerprint density at radius 2 is 2.08 bits per heavy atom. The number of halogens is 1. The van der Waals surface area contributed by atoms with Crippen molar-refractivity contribution in [2.75, 3.05) is 24.5 Å². The Balaban J connectivity index is 1.56. The molecule has 1 saturated heterocycles. The third-order valence-corrected chi connectivity index (χ3v) is 5.33. The van der Waals surface area contributed by atoms with Gasteiger partial charge in [-0.2, -0.15) is 0 Å². The van der Waals surface area contributed by atoms with E-state index in [1.165, 1.54) is 5.56 Å². The molecular weight excluding hydrogens is 331 g/mol. The first-order chi connectivity index (χ1) is 12.6. The van der Waals surface area contributed by atoms with E-state index in [1.54, 1.807) is 4.90 Å². The molecule has 138 valence electrons. The number of aliphatic imine (C=N–C) groups is 1. The number of carbonyl (C=O) groups is 1. The average molecular weight is 356 g/mol. The van der Waals surface area contributed by atoms with Crippen molar-refractivity contribution < 1.29 is 9.18 Å². The van der Waals surface area contributed by atoms with Gasteiger partial charge in [-0.3, -0.25) is 9.79 Å². The summed E-state index contributed by atoms with van der Waals surface area (Å²) in [5.74, 6) is 1.02. The van der Waals surface area contributed by atoms with E-state index in [0.29, 0.717) is 31.5 Å². The number of likely N-dealkylation sites (tertiary alicyclic amines) is 1. The highest BCUT2D eigenvalue weighted by atomic mass is 19.1. The quantitative estimate of drug-likeness (QED) is 0.886. The highest BCUT2D eigenvalue weighted by Gasteiger charge is 2.26. The first-order valence-electron chi connectivity index (χ1n) is 9.45. The standard InChI is InChI=1S/C20H25FN4O/c1-14-12-22-13-19(23-14)25-8-2-3-15-11-16(4-5-18(15)25)20(26)24-9-6-17(21)7-10-24/h4-5,11-14,17,23H,2-3,6-10H2,1H3. The fourth-order valence-electron chi connectivity index (χ4n) is 3.91. The molecule has 0 aliphatic carbocycles. The van der Waals surface area contributed by atoms with Crippen molar-refractivity contribution in [2.24, 2.45) is 4.99 Å². The minimum Gasteiger partial charge on any atom is -0.363 e. The Hall–Kier alpha value is -2.37. The molecule has 0 aromatic heterocycles. The molecule has 1 aromatic carbocycles. The first kappa shape index (κ1) is 17.1. The van der Waals surface area contributed by atoms with Crippen LogP contribution in [0.5, 0.6) is 0 Å². The molecule has 1 atom stereocenters. The van der Waals surface area contributed by atoms with Gasteiger partial charge in [-0.1, -0.05) is 0 Å². The van der Waals surface area contributed by atoms with Crippen LogP contribution < -0.4 is 10.2 Å². The van der Waals surface area contributed by atoms with Crippen molar-refractivity contribution in [2.45, 2.75) is 44.8 Å². The molecule has 1 unspecified atom stereocenters. The number of piperidine rings is 1. The number of fused-ring (bicyclic) bond motifs is 1. The lowest BCUT2D eigenvalue weighted by molar-refractivity contribution is 0.0667. The molecule has 0 radical (unpaired) electrons. The fraction of sp³-hybridized carbons (Fsp3) is 0.500. The van der Waals surface area contributed by atoms with E-state index in [-0.39, 0.29) is 11.9 Å². The van der Waals surface area contributed by atoms with Crippen molar-refractivity contribution in [1.82, 2.24) is 10.2 Å². The Morgan fingerprint density at radius 1 is 1.27 bits per heavy atom. The number of benzene rings is 1. The number of alkyl halides is 1. The molecule has 1 aromatic rings. The van der Waals surface area contributed by atoms with Gasteiger partial charge >= 0.3 is 0 Å². The Morgan fingerprint density at radius 3 is 2.85 bits per heavy atom. The van der Waals surface area contributed by atoms with Crippen LogP contribution >= 0.6 is 0 Å². The predicted octanol–water partition coefficient (Wildman–Crippen LogP) is 2.87. The Labute approximate surface area is 153 Å². The Kier molecular flexibility index (Phi) is 4.66. The van der Waals surface area contributed by atoms with E-state index >= 15 is 0 Å². The molecule has 3 aliphatic heterocycles. The van der Waals surface area contributed by atoms with Crippen molar-refractivity contribution in [3.63, 3.8) is 0 Å². The normalized spacial score (nSPS) is 23.3. The SMILES string of the molecule is CC1C=NC=C(N2CCCc3cc(C(=O)N4CCC(F)CC4)ccc32)N1. The number of rotatable bonds is 2. The van der Waals surface area contributed by atoms with Crippen LogP contribution in [0.25, 0.3) is 0 Å². The lowest BCUT2D eigenvalue weighted by Crippen LogP contribution is -2.41. The van der Waals surface area contributed by atoms with Crippen molar-refractivity contribution in [3.05, 3.63) is 41.3 Å². The predicted molar refractivity (Wildman–Crippen MR) is 101 cm³/mol. The van der Waals surface area contributed by atoms with E-state index in [2.05, 4.69) is 22.1 Å². The van der Waals surface area contributed by atoms with Gasteiger partial charge in [0.25, 0.3) is 5.91 Å². The van der Waals surface area contributed by atoms with Crippen LogP contribution in [-0.4, -0.2) is 48.9 Å². The summed E-state index contributed by atoms with van der Waals surface area (Å²) in [4.78, 5) is 21.1. The minimum atomic E-state index is -0.766. The van der Waals surface area contributed by atoms with Gasteiger partial charge in [0.1, 0.15) is 12.0 Å². The number of anilines is 1. The van der Waals surface area contributed by atoms with Crippen LogP contribution in [0.4, 0.5) is 10.1 Å². The second kappa shape index (κ2) is 7.09. The van der Waals surface area contributed by atoms with Gasteiger partial charge in [0, 0.05) is 37.1 Å². The van der Waals surface area contributed by atoms with Crippen molar-refractivity contribution in [3.8, 4) is 0 Å². The molecule has 6 heteroatoms. The van der Waals surface area contributed by atoms with Crippen LogP contribution in [0.1, 0.15) is 42.1 Å². The summed E-state index contributed by atoms with van der Waals surface area (Å²) in [5.41, 5.74) is 3.03. The van der Waals surface area contributed by atoms with Crippen molar-refractivity contribution in [1.29, 1.82) is 0 Å². The highest BCUT2D eigenvalue weighted by Crippen LogP contribution is 2.31. The average Bonchev–Trinajstić information content (AvgIpc) is 2.67. The topological polar surface area (TPSA) is 47.9 Å². The number of hydrogen-bond donors (Lipinski definition) is 1. The molecule has 1 fully saturated rings. The molecule has 4 rings (SSSR count). The molecule has 0 spiro atoms. The van der Waals surface area contributed by atoms with Gasteiger partial charge in [0.2, 0.25) is 0 Å². The Bertz CT molecular complexity index is 752. The van der Waals surface area contributed by atoms with Gasteiger partial charge in [-0.25, -0.2) is 4.39 Å².